The predicted octanol–water partition coefficient (Wildman–Crippen LogP) is 2.34. The first-order chi connectivity index (χ1) is 9.81. The molecular formula is C16H22N4. The van der Waals surface area contributed by atoms with Gasteiger partial charge in [0.1, 0.15) is 11.9 Å². The summed E-state index contributed by atoms with van der Waals surface area (Å²) in [7, 11) is 0. The van der Waals surface area contributed by atoms with Gasteiger partial charge in [0, 0.05) is 18.3 Å². The van der Waals surface area contributed by atoms with Crippen LogP contribution in [0.2, 0.25) is 0 Å². The molecule has 1 aromatic rings. The van der Waals surface area contributed by atoms with Gasteiger partial charge in [0.15, 0.2) is 0 Å². The Kier molecular flexibility index (Phi) is 3.88. The smallest absolute Gasteiger partial charge is 0.144 e. The van der Waals surface area contributed by atoms with Gasteiger partial charge in [0.25, 0.3) is 0 Å². The highest BCUT2D eigenvalue weighted by Gasteiger charge is 2.23. The molecule has 0 radical (unpaired) electrons. The molecule has 0 aromatic carbocycles. The summed E-state index contributed by atoms with van der Waals surface area (Å²) in [6.07, 6.45) is 5.82. The lowest BCUT2D eigenvalue weighted by molar-refractivity contribution is 0.277. The average molecular weight is 270 g/mol. The van der Waals surface area contributed by atoms with Crippen molar-refractivity contribution in [1.29, 1.82) is 5.26 Å². The summed E-state index contributed by atoms with van der Waals surface area (Å²) >= 11 is 0. The van der Waals surface area contributed by atoms with E-state index in [1.807, 2.05) is 6.07 Å². The van der Waals surface area contributed by atoms with Crippen molar-refractivity contribution < 1.29 is 0 Å². The van der Waals surface area contributed by atoms with Crippen molar-refractivity contribution in [3.63, 3.8) is 0 Å². The lowest BCUT2D eigenvalue weighted by atomic mass is 10.1. The van der Waals surface area contributed by atoms with E-state index in [2.05, 4.69) is 28.2 Å². The molecule has 20 heavy (non-hydrogen) atoms. The van der Waals surface area contributed by atoms with Crippen LogP contribution in [0.5, 0.6) is 0 Å². The van der Waals surface area contributed by atoms with E-state index in [9.17, 15) is 5.26 Å². The van der Waals surface area contributed by atoms with Crippen LogP contribution in [0.25, 0.3) is 0 Å². The van der Waals surface area contributed by atoms with E-state index in [0.717, 1.165) is 31.7 Å². The number of aryl methyl sites for hydroxylation is 2. The summed E-state index contributed by atoms with van der Waals surface area (Å²) in [5, 5.41) is 12.7. The molecule has 4 heteroatoms. The maximum Gasteiger partial charge on any atom is 0.144 e. The number of fused-ring (bicyclic) bond motifs is 1. The SMILES string of the molecule is CCN1CCCC1CNc1nc2c(cc1C#N)CCC2. The van der Waals surface area contributed by atoms with Crippen LogP contribution in [0, 0.1) is 11.3 Å². The molecule has 1 fully saturated rings. The number of rotatable bonds is 4. The predicted molar refractivity (Wildman–Crippen MR) is 79.7 cm³/mol. The van der Waals surface area contributed by atoms with Crippen LogP contribution in [0.3, 0.4) is 0 Å². The minimum atomic E-state index is 0.585. The van der Waals surface area contributed by atoms with E-state index in [1.54, 1.807) is 0 Å². The molecule has 4 nitrogen and oxygen atoms in total. The maximum absolute atomic E-state index is 9.30. The number of likely N-dealkylation sites (N-methyl/N-ethyl adjacent to an activating group) is 1. The Morgan fingerprint density at radius 1 is 1.45 bits per heavy atom. The number of nitriles is 1. The van der Waals surface area contributed by atoms with Crippen LogP contribution in [0.1, 0.15) is 43.0 Å². The fourth-order valence-electron chi connectivity index (χ4n) is 3.45. The average Bonchev–Trinajstić information content (AvgIpc) is 3.11. The highest BCUT2D eigenvalue weighted by molar-refractivity contribution is 5.55. The fourth-order valence-corrected chi connectivity index (χ4v) is 3.45. The van der Waals surface area contributed by atoms with Crippen molar-refractivity contribution in [2.45, 2.75) is 45.1 Å². The van der Waals surface area contributed by atoms with Crippen molar-refractivity contribution in [2.75, 3.05) is 25.0 Å². The first kappa shape index (κ1) is 13.4. The molecule has 0 spiro atoms. The van der Waals surface area contributed by atoms with Gasteiger partial charge >= 0.3 is 0 Å². The number of nitrogens with zero attached hydrogens (tertiary/aromatic N) is 3. The first-order valence-corrected chi connectivity index (χ1v) is 7.72. The third-order valence-corrected chi connectivity index (χ3v) is 4.58. The normalized spacial score (nSPS) is 21.7. The number of pyridine rings is 1. The summed E-state index contributed by atoms with van der Waals surface area (Å²) < 4.78 is 0. The van der Waals surface area contributed by atoms with Crippen molar-refractivity contribution in [3.8, 4) is 6.07 Å². The Labute approximate surface area is 120 Å². The van der Waals surface area contributed by atoms with Crippen LogP contribution >= 0.6 is 0 Å². The Bertz CT molecular complexity index is 532. The van der Waals surface area contributed by atoms with Gasteiger partial charge in [-0.25, -0.2) is 4.98 Å². The summed E-state index contributed by atoms with van der Waals surface area (Å²) in [6.45, 7) is 5.42. The summed E-state index contributed by atoms with van der Waals surface area (Å²) in [5.41, 5.74) is 3.15. The number of hydrogen-bond acceptors (Lipinski definition) is 4. The number of aromatic nitrogens is 1. The molecule has 1 unspecified atom stereocenters. The molecule has 0 amide bonds. The Morgan fingerprint density at radius 3 is 3.15 bits per heavy atom. The molecule has 1 atom stereocenters. The van der Waals surface area contributed by atoms with E-state index in [1.165, 1.54) is 37.1 Å². The third kappa shape index (κ3) is 2.51. The Hall–Kier alpha value is -1.60. The second-order valence-electron chi connectivity index (χ2n) is 5.76. The molecule has 1 aromatic heterocycles. The summed E-state index contributed by atoms with van der Waals surface area (Å²) in [5.74, 6) is 0.788. The van der Waals surface area contributed by atoms with E-state index < -0.39 is 0 Å². The molecule has 0 saturated carbocycles. The lowest BCUT2D eigenvalue weighted by Crippen LogP contribution is -2.34. The van der Waals surface area contributed by atoms with Crippen LogP contribution in [0.4, 0.5) is 5.82 Å². The molecule has 3 rings (SSSR count). The van der Waals surface area contributed by atoms with Gasteiger partial charge in [-0.3, -0.25) is 4.90 Å². The van der Waals surface area contributed by atoms with Crippen LogP contribution in [-0.4, -0.2) is 35.6 Å². The number of nitrogens with one attached hydrogen (secondary N) is 1. The molecule has 1 N–H and O–H groups in total. The van der Waals surface area contributed by atoms with Gasteiger partial charge < -0.3 is 5.32 Å². The van der Waals surface area contributed by atoms with Gasteiger partial charge in [-0.05, 0) is 56.8 Å². The molecule has 106 valence electrons. The molecule has 0 bridgehead atoms. The van der Waals surface area contributed by atoms with Gasteiger partial charge in [-0.2, -0.15) is 5.26 Å². The van der Waals surface area contributed by atoms with Crippen LogP contribution in [-0.2, 0) is 12.8 Å². The number of likely N-dealkylation sites (tertiary alicyclic amines) is 1. The monoisotopic (exact) mass is 270 g/mol. The number of anilines is 1. The van der Waals surface area contributed by atoms with Crippen molar-refractivity contribution in [3.05, 3.63) is 22.9 Å². The second kappa shape index (κ2) is 5.80. The summed E-state index contributed by atoms with van der Waals surface area (Å²) in [4.78, 5) is 7.19. The number of hydrogen-bond donors (Lipinski definition) is 1. The minimum absolute atomic E-state index is 0.585. The van der Waals surface area contributed by atoms with Gasteiger partial charge in [0.2, 0.25) is 0 Å². The fraction of sp³-hybridized carbons (Fsp3) is 0.625. The van der Waals surface area contributed by atoms with E-state index in [0.29, 0.717) is 11.6 Å². The topological polar surface area (TPSA) is 52.0 Å². The largest absolute Gasteiger partial charge is 0.367 e. The van der Waals surface area contributed by atoms with Gasteiger partial charge in [-0.1, -0.05) is 6.92 Å². The molecule has 2 aliphatic rings. The zero-order valence-corrected chi connectivity index (χ0v) is 12.2. The second-order valence-corrected chi connectivity index (χ2v) is 5.76. The third-order valence-electron chi connectivity index (χ3n) is 4.58. The zero-order chi connectivity index (χ0) is 13.9. The zero-order valence-electron chi connectivity index (χ0n) is 12.2. The quantitative estimate of drug-likeness (QED) is 0.912. The van der Waals surface area contributed by atoms with Gasteiger partial charge in [0.05, 0.1) is 5.56 Å². The highest BCUT2D eigenvalue weighted by Crippen LogP contribution is 2.25. The van der Waals surface area contributed by atoms with Gasteiger partial charge in [-0.15, -0.1) is 0 Å². The highest BCUT2D eigenvalue weighted by atomic mass is 15.2. The van der Waals surface area contributed by atoms with Crippen LogP contribution < -0.4 is 5.32 Å². The molecule has 2 heterocycles. The summed E-state index contributed by atoms with van der Waals surface area (Å²) in [6, 6.07) is 4.90. The maximum atomic E-state index is 9.30. The minimum Gasteiger partial charge on any atom is -0.367 e. The van der Waals surface area contributed by atoms with Crippen LogP contribution in [0.15, 0.2) is 6.07 Å². The van der Waals surface area contributed by atoms with E-state index >= 15 is 0 Å². The Balaban J connectivity index is 1.72. The van der Waals surface area contributed by atoms with Crippen molar-refractivity contribution in [1.82, 2.24) is 9.88 Å². The Morgan fingerprint density at radius 2 is 2.35 bits per heavy atom. The standard InChI is InChI=1S/C16H22N4/c1-2-20-8-4-6-14(20)11-18-16-13(10-17)9-12-5-3-7-15(12)19-16/h9,14H,2-8,11H2,1H3,(H,18,19). The molecule has 1 aliphatic heterocycles. The van der Waals surface area contributed by atoms with Crippen molar-refractivity contribution >= 4 is 5.82 Å². The molecule has 1 saturated heterocycles. The lowest BCUT2D eigenvalue weighted by Gasteiger charge is -2.23. The molecular weight excluding hydrogens is 248 g/mol. The molecule has 1 aliphatic carbocycles. The van der Waals surface area contributed by atoms with E-state index in [4.69, 9.17) is 0 Å². The first-order valence-electron chi connectivity index (χ1n) is 7.72. The van der Waals surface area contributed by atoms with Crippen molar-refractivity contribution in [2.24, 2.45) is 0 Å². The van der Waals surface area contributed by atoms with E-state index in [-0.39, 0.29) is 0 Å².